The molecule has 0 bridgehead atoms. The normalized spacial score (nSPS) is 19.7. The minimum Gasteiger partial charge on any atom is -0.302 e. The van der Waals surface area contributed by atoms with Crippen molar-refractivity contribution in [3.05, 3.63) is 22.8 Å². The van der Waals surface area contributed by atoms with Gasteiger partial charge in [0.2, 0.25) is 0 Å². The third kappa shape index (κ3) is 2.49. The van der Waals surface area contributed by atoms with E-state index in [-0.39, 0.29) is 0 Å². The molecule has 0 N–H and O–H groups in total. The van der Waals surface area contributed by atoms with Gasteiger partial charge in [-0.15, -0.1) is 0 Å². The van der Waals surface area contributed by atoms with Crippen molar-refractivity contribution in [3.63, 3.8) is 0 Å². The first kappa shape index (κ1) is 9.53. The molecule has 12 heavy (non-hydrogen) atoms. The van der Waals surface area contributed by atoms with E-state index >= 15 is 0 Å². The van der Waals surface area contributed by atoms with Crippen LogP contribution >= 0.6 is 0 Å². The summed E-state index contributed by atoms with van der Waals surface area (Å²) in [6.07, 6.45) is 3.54. The highest BCUT2D eigenvalue weighted by molar-refractivity contribution is 5.29. The second-order valence-corrected chi connectivity index (χ2v) is 4.02. The molecule has 0 spiro atoms. The first-order valence-electron chi connectivity index (χ1n) is 4.61. The molecule has 0 atom stereocenters. The van der Waals surface area contributed by atoms with Gasteiger partial charge < -0.3 is 4.90 Å². The molecule has 0 aromatic rings. The lowest BCUT2D eigenvalue weighted by Gasteiger charge is -2.24. The third-order valence-electron chi connectivity index (χ3n) is 2.28. The van der Waals surface area contributed by atoms with Crippen LogP contribution in [0, 0.1) is 0 Å². The molecule has 1 aliphatic heterocycles. The lowest BCUT2D eigenvalue weighted by atomic mass is 10.00. The lowest BCUT2D eigenvalue weighted by molar-refractivity contribution is 0.350. The second kappa shape index (κ2) is 3.90. The summed E-state index contributed by atoms with van der Waals surface area (Å²) < 4.78 is 0. The minimum atomic E-state index is 1.14. The Morgan fingerprint density at radius 1 is 1.42 bits per heavy atom. The molecule has 1 heteroatoms. The Kier molecular flexibility index (Phi) is 3.10. The van der Waals surface area contributed by atoms with Crippen molar-refractivity contribution >= 4 is 0 Å². The Morgan fingerprint density at radius 2 is 2.08 bits per heavy atom. The van der Waals surface area contributed by atoms with Crippen LogP contribution in [0.2, 0.25) is 0 Å². The van der Waals surface area contributed by atoms with Crippen LogP contribution in [0.5, 0.6) is 0 Å². The maximum atomic E-state index is 2.37. The van der Waals surface area contributed by atoms with Crippen molar-refractivity contribution in [2.45, 2.75) is 27.2 Å². The molecule has 1 rings (SSSR count). The molecule has 0 amide bonds. The molecule has 0 aromatic carbocycles. The molecule has 1 aliphatic rings. The highest BCUT2D eigenvalue weighted by atomic mass is 15.1. The standard InChI is InChI=1S/C11H19N/c1-9(2)7-11-5-6-12(4)8-10(11)3/h7H,5-6,8H2,1-4H3. The van der Waals surface area contributed by atoms with Crippen molar-refractivity contribution < 1.29 is 0 Å². The Balaban J connectivity index is 2.76. The number of hydrogen-bond donors (Lipinski definition) is 0. The van der Waals surface area contributed by atoms with Crippen molar-refractivity contribution in [3.8, 4) is 0 Å². The summed E-state index contributed by atoms with van der Waals surface area (Å²) in [5, 5.41) is 0. The fourth-order valence-electron chi connectivity index (χ4n) is 1.65. The van der Waals surface area contributed by atoms with Crippen LogP contribution < -0.4 is 0 Å². The van der Waals surface area contributed by atoms with Crippen LogP contribution in [0.25, 0.3) is 0 Å². The van der Waals surface area contributed by atoms with Crippen molar-refractivity contribution in [2.75, 3.05) is 20.1 Å². The summed E-state index contributed by atoms with van der Waals surface area (Å²) in [4.78, 5) is 2.37. The van der Waals surface area contributed by atoms with E-state index in [9.17, 15) is 0 Å². The van der Waals surface area contributed by atoms with Crippen LogP contribution in [0.3, 0.4) is 0 Å². The molecule has 0 saturated carbocycles. The molecule has 0 aromatic heterocycles. The summed E-state index contributed by atoms with van der Waals surface area (Å²) in [7, 11) is 2.18. The van der Waals surface area contributed by atoms with Crippen LogP contribution in [-0.4, -0.2) is 25.0 Å². The van der Waals surface area contributed by atoms with Gasteiger partial charge in [0.15, 0.2) is 0 Å². The number of rotatable bonds is 1. The maximum absolute atomic E-state index is 2.37. The molecule has 0 fully saturated rings. The van der Waals surface area contributed by atoms with Gasteiger partial charge in [0.25, 0.3) is 0 Å². The van der Waals surface area contributed by atoms with E-state index in [2.05, 4.69) is 38.8 Å². The average Bonchev–Trinajstić information content (AvgIpc) is 1.94. The summed E-state index contributed by atoms with van der Waals surface area (Å²) in [6.45, 7) is 8.91. The molecular formula is C11H19N. The predicted molar refractivity (Wildman–Crippen MR) is 54.2 cm³/mol. The highest BCUT2D eigenvalue weighted by Gasteiger charge is 2.10. The number of allylic oxidation sites excluding steroid dienone is 2. The number of likely N-dealkylation sites (N-methyl/N-ethyl adjacent to an activating group) is 1. The lowest BCUT2D eigenvalue weighted by Crippen LogP contribution is -2.26. The third-order valence-corrected chi connectivity index (χ3v) is 2.28. The molecule has 0 aliphatic carbocycles. The number of nitrogens with zero attached hydrogens (tertiary/aromatic N) is 1. The SMILES string of the molecule is CC(C)=CC1=C(C)CN(C)CC1. The summed E-state index contributed by atoms with van der Waals surface area (Å²) in [5.74, 6) is 0. The van der Waals surface area contributed by atoms with Crippen molar-refractivity contribution in [1.82, 2.24) is 4.90 Å². The molecular weight excluding hydrogens is 146 g/mol. The number of hydrogen-bond acceptors (Lipinski definition) is 1. The van der Waals surface area contributed by atoms with E-state index in [0.29, 0.717) is 0 Å². The largest absolute Gasteiger partial charge is 0.302 e. The van der Waals surface area contributed by atoms with E-state index in [1.807, 2.05) is 0 Å². The Hall–Kier alpha value is -0.560. The van der Waals surface area contributed by atoms with Gasteiger partial charge in [-0.05, 0) is 39.8 Å². The van der Waals surface area contributed by atoms with Crippen LogP contribution in [0.1, 0.15) is 27.2 Å². The molecule has 0 unspecified atom stereocenters. The quantitative estimate of drug-likeness (QED) is 0.577. The van der Waals surface area contributed by atoms with Gasteiger partial charge in [-0.2, -0.15) is 0 Å². The smallest absolute Gasteiger partial charge is 0.0193 e. The second-order valence-electron chi connectivity index (χ2n) is 4.02. The molecule has 0 saturated heterocycles. The monoisotopic (exact) mass is 165 g/mol. The van der Waals surface area contributed by atoms with Gasteiger partial charge in [0.05, 0.1) is 0 Å². The maximum Gasteiger partial charge on any atom is 0.0193 e. The van der Waals surface area contributed by atoms with Crippen molar-refractivity contribution in [1.29, 1.82) is 0 Å². The molecule has 1 heterocycles. The summed E-state index contributed by atoms with van der Waals surface area (Å²) in [5.41, 5.74) is 4.49. The average molecular weight is 165 g/mol. The van der Waals surface area contributed by atoms with Gasteiger partial charge in [0, 0.05) is 13.1 Å². The van der Waals surface area contributed by atoms with Crippen LogP contribution in [-0.2, 0) is 0 Å². The van der Waals surface area contributed by atoms with Gasteiger partial charge in [0.1, 0.15) is 0 Å². The topological polar surface area (TPSA) is 3.24 Å². The Bertz CT molecular complexity index is 219. The van der Waals surface area contributed by atoms with E-state index < -0.39 is 0 Å². The summed E-state index contributed by atoms with van der Waals surface area (Å²) >= 11 is 0. The molecule has 68 valence electrons. The molecule has 0 radical (unpaired) electrons. The van der Waals surface area contributed by atoms with E-state index in [0.717, 1.165) is 6.54 Å². The van der Waals surface area contributed by atoms with E-state index in [1.54, 1.807) is 5.57 Å². The van der Waals surface area contributed by atoms with Crippen LogP contribution in [0.4, 0.5) is 0 Å². The van der Waals surface area contributed by atoms with Crippen LogP contribution in [0.15, 0.2) is 22.8 Å². The van der Waals surface area contributed by atoms with Crippen molar-refractivity contribution in [2.24, 2.45) is 0 Å². The van der Waals surface area contributed by atoms with E-state index in [1.165, 1.54) is 24.1 Å². The zero-order chi connectivity index (χ0) is 9.14. The van der Waals surface area contributed by atoms with Gasteiger partial charge in [-0.1, -0.05) is 17.2 Å². The first-order valence-corrected chi connectivity index (χ1v) is 4.61. The fraction of sp³-hybridized carbons (Fsp3) is 0.636. The highest BCUT2D eigenvalue weighted by Crippen LogP contribution is 2.18. The zero-order valence-corrected chi connectivity index (χ0v) is 8.65. The fourth-order valence-corrected chi connectivity index (χ4v) is 1.65. The summed E-state index contributed by atoms with van der Waals surface area (Å²) in [6, 6.07) is 0. The van der Waals surface area contributed by atoms with Gasteiger partial charge in [-0.25, -0.2) is 0 Å². The predicted octanol–water partition coefficient (Wildman–Crippen LogP) is 2.60. The zero-order valence-electron chi connectivity index (χ0n) is 8.65. The molecule has 1 nitrogen and oxygen atoms in total. The van der Waals surface area contributed by atoms with Gasteiger partial charge in [-0.3, -0.25) is 0 Å². The van der Waals surface area contributed by atoms with E-state index in [4.69, 9.17) is 0 Å². The Morgan fingerprint density at radius 3 is 2.58 bits per heavy atom. The Labute approximate surface area is 75.8 Å². The van der Waals surface area contributed by atoms with Gasteiger partial charge >= 0.3 is 0 Å². The minimum absolute atomic E-state index is 1.14. The first-order chi connectivity index (χ1) is 5.59.